The lowest BCUT2D eigenvalue weighted by atomic mass is 10.1. The van der Waals surface area contributed by atoms with Crippen LogP contribution in [-0.4, -0.2) is 18.7 Å². The number of nitrogens with one attached hydrogen (secondary N) is 1. The van der Waals surface area contributed by atoms with Crippen LogP contribution < -0.4 is 10.1 Å². The van der Waals surface area contributed by atoms with Crippen molar-refractivity contribution in [3.05, 3.63) is 64.7 Å². The average Bonchev–Trinajstić information content (AvgIpc) is 2.67. The normalized spacial score (nSPS) is 12.3. The van der Waals surface area contributed by atoms with Crippen LogP contribution in [0.15, 0.2) is 47.5 Å². The van der Waals surface area contributed by atoms with Crippen molar-refractivity contribution in [1.82, 2.24) is 5.32 Å². The van der Waals surface area contributed by atoms with Gasteiger partial charge in [-0.1, -0.05) is 43.7 Å². The number of aliphatic imine (C=N–C) groups is 1. The molecule has 1 amide bonds. The summed E-state index contributed by atoms with van der Waals surface area (Å²) < 4.78 is 45.7. The molecule has 4 nitrogen and oxygen atoms in total. The molecule has 0 aliphatic heterocycles. The average molecular weight is 406 g/mol. The van der Waals surface area contributed by atoms with E-state index in [1.54, 1.807) is 0 Å². The first-order chi connectivity index (χ1) is 13.8. The largest absolute Gasteiger partial charge is 0.481 e. The van der Waals surface area contributed by atoms with Crippen molar-refractivity contribution in [2.45, 2.75) is 52.1 Å². The van der Waals surface area contributed by atoms with E-state index in [-0.39, 0.29) is 23.8 Å². The number of ether oxygens (including phenoxy) is 1. The van der Waals surface area contributed by atoms with Crippen molar-refractivity contribution < 1.29 is 22.7 Å². The summed E-state index contributed by atoms with van der Waals surface area (Å²) in [5.41, 5.74) is 1.19. The van der Waals surface area contributed by atoms with E-state index in [0.29, 0.717) is 19.4 Å². The van der Waals surface area contributed by atoms with Crippen molar-refractivity contribution in [2.24, 2.45) is 4.99 Å². The Morgan fingerprint density at radius 2 is 1.93 bits per heavy atom. The summed E-state index contributed by atoms with van der Waals surface area (Å²) >= 11 is 0. The van der Waals surface area contributed by atoms with Gasteiger partial charge >= 0.3 is 6.18 Å². The van der Waals surface area contributed by atoms with Gasteiger partial charge in [-0.15, -0.1) is 0 Å². The lowest BCUT2D eigenvalue weighted by Crippen LogP contribution is -2.38. The van der Waals surface area contributed by atoms with Crippen LogP contribution in [0.25, 0.3) is 0 Å². The van der Waals surface area contributed by atoms with Crippen LogP contribution in [0.2, 0.25) is 0 Å². The fourth-order valence-corrected chi connectivity index (χ4v) is 2.93. The number of halogens is 3. The second-order valence-corrected chi connectivity index (χ2v) is 6.74. The van der Waals surface area contributed by atoms with Crippen LogP contribution >= 0.6 is 0 Å². The molecule has 29 heavy (non-hydrogen) atoms. The van der Waals surface area contributed by atoms with Crippen molar-refractivity contribution in [3.8, 4) is 5.75 Å². The zero-order valence-corrected chi connectivity index (χ0v) is 16.6. The SMILES string of the molecule is C=NCc1ccc(O[C@H](CCC)C(=O)NCc2ccccc2C)cc1C(F)(F)F. The third-order valence-electron chi connectivity index (χ3n) is 4.50. The topological polar surface area (TPSA) is 50.7 Å². The Bertz CT molecular complexity index is 850. The van der Waals surface area contributed by atoms with Gasteiger partial charge in [0.05, 0.1) is 12.1 Å². The number of carbonyl (C=O) groups excluding carboxylic acids is 1. The Kier molecular flexibility index (Phi) is 7.82. The van der Waals surface area contributed by atoms with Crippen LogP contribution in [0.1, 0.15) is 42.0 Å². The minimum Gasteiger partial charge on any atom is -0.481 e. The van der Waals surface area contributed by atoms with E-state index in [2.05, 4.69) is 17.0 Å². The van der Waals surface area contributed by atoms with Gasteiger partial charge in [-0.3, -0.25) is 9.79 Å². The monoisotopic (exact) mass is 406 g/mol. The van der Waals surface area contributed by atoms with Crippen LogP contribution in [0.3, 0.4) is 0 Å². The molecule has 0 saturated carbocycles. The van der Waals surface area contributed by atoms with E-state index >= 15 is 0 Å². The fraction of sp³-hybridized carbons (Fsp3) is 0.364. The van der Waals surface area contributed by atoms with Crippen LogP contribution in [-0.2, 0) is 24.1 Å². The van der Waals surface area contributed by atoms with E-state index < -0.39 is 17.8 Å². The summed E-state index contributed by atoms with van der Waals surface area (Å²) in [6, 6.07) is 11.3. The van der Waals surface area contributed by atoms with Crippen molar-refractivity contribution in [3.63, 3.8) is 0 Å². The van der Waals surface area contributed by atoms with Gasteiger partial charge < -0.3 is 10.1 Å². The summed E-state index contributed by atoms with van der Waals surface area (Å²) in [5, 5.41) is 2.81. The van der Waals surface area contributed by atoms with Gasteiger partial charge in [0.15, 0.2) is 6.10 Å². The molecule has 1 N–H and O–H groups in total. The van der Waals surface area contributed by atoms with Gasteiger partial charge in [0.25, 0.3) is 5.91 Å². The quantitative estimate of drug-likeness (QED) is 0.591. The highest BCUT2D eigenvalue weighted by Crippen LogP contribution is 2.35. The molecule has 0 bridgehead atoms. The first-order valence-corrected chi connectivity index (χ1v) is 9.37. The predicted octanol–water partition coefficient (Wildman–Crippen LogP) is 5.08. The van der Waals surface area contributed by atoms with Crippen molar-refractivity contribution in [1.29, 1.82) is 0 Å². The summed E-state index contributed by atoms with van der Waals surface area (Å²) in [7, 11) is 0. The molecule has 2 aromatic rings. The minimum atomic E-state index is -4.55. The predicted molar refractivity (Wildman–Crippen MR) is 107 cm³/mol. The second kappa shape index (κ2) is 10.1. The van der Waals surface area contributed by atoms with E-state index in [0.717, 1.165) is 17.2 Å². The van der Waals surface area contributed by atoms with Gasteiger partial charge in [-0.05, 0) is 48.9 Å². The Hall–Kier alpha value is -2.83. The van der Waals surface area contributed by atoms with Gasteiger partial charge in [0.1, 0.15) is 5.75 Å². The van der Waals surface area contributed by atoms with Crippen LogP contribution in [0.5, 0.6) is 5.75 Å². The smallest absolute Gasteiger partial charge is 0.416 e. The molecule has 0 unspecified atom stereocenters. The number of rotatable bonds is 9. The van der Waals surface area contributed by atoms with Gasteiger partial charge in [-0.2, -0.15) is 13.2 Å². The maximum absolute atomic E-state index is 13.3. The summed E-state index contributed by atoms with van der Waals surface area (Å²) in [4.78, 5) is 16.1. The summed E-state index contributed by atoms with van der Waals surface area (Å²) in [6.07, 6.45) is -4.40. The molecule has 0 heterocycles. The molecule has 0 saturated heterocycles. The minimum absolute atomic E-state index is 0.00497. The number of hydrogen-bond donors (Lipinski definition) is 1. The Morgan fingerprint density at radius 1 is 1.21 bits per heavy atom. The van der Waals surface area contributed by atoms with Crippen LogP contribution in [0.4, 0.5) is 13.2 Å². The number of nitrogens with zero attached hydrogens (tertiary/aromatic N) is 1. The molecule has 1 atom stereocenters. The third kappa shape index (κ3) is 6.34. The van der Waals surface area contributed by atoms with Crippen molar-refractivity contribution >= 4 is 12.6 Å². The zero-order chi connectivity index (χ0) is 21.4. The molecule has 2 aromatic carbocycles. The van der Waals surface area contributed by atoms with E-state index in [1.165, 1.54) is 12.1 Å². The highest BCUT2D eigenvalue weighted by Gasteiger charge is 2.34. The number of amides is 1. The van der Waals surface area contributed by atoms with E-state index in [4.69, 9.17) is 4.74 Å². The Balaban J connectivity index is 2.15. The molecule has 0 spiro atoms. The number of alkyl halides is 3. The first-order valence-electron chi connectivity index (χ1n) is 9.37. The number of carbonyl (C=O) groups is 1. The Labute approximate surface area is 168 Å². The molecule has 0 fully saturated rings. The van der Waals surface area contributed by atoms with Gasteiger partial charge in [-0.25, -0.2) is 0 Å². The molecule has 0 aliphatic carbocycles. The summed E-state index contributed by atoms with van der Waals surface area (Å²) in [5.74, 6) is -0.366. The molecular formula is C22H25F3N2O2. The number of benzene rings is 2. The number of aryl methyl sites for hydroxylation is 1. The van der Waals surface area contributed by atoms with Gasteiger partial charge in [0.2, 0.25) is 0 Å². The molecule has 2 rings (SSSR count). The molecule has 7 heteroatoms. The standard InChI is InChI=1S/C22H25F3N2O2/c1-4-7-20(21(28)27-14-16-9-6-5-8-15(16)2)29-18-11-10-17(13-26-3)19(12-18)22(23,24)25/h5-6,8-12,20H,3-4,7,13-14H2,1-2H3,(H,27,28)/t20-/m1/s1. The molecular weight excluding hydrogens is 381 g/mol. The highest BCUT2D eigenvalue weighted by atomic mass is 19.4. The van der Waals surface area contributed by atoms with E-state index in [9.17, 15) is 18.0 Å². The van der Waals surface area contributed by atoms with Gasteiger partial charge in [0, 0.05) is 6.54 Å². The fourth-order valence-electron chi connectivity index (χ4n) is 2.93. The van der Waals surface area contributed by atoms with Crippen LogP contribution in [0, 0.1) is 6.92 Å². The van der Waals surface area contributed by atoms with E-state index in [1.807, 2.05) is 38.1 Å². The molecule has 0 aliphatic rings. The maximum atomic E-state index is 13.3. The molecule has 0 aromatic heterocycles. The zero-order valence-electron chi connectivity index (χ0n) is 16.6. The lowest BCUT2D eigenvalue weighted by molar-refractivity contribution is -0.138. The highest BCUT2D eigenvalue weighted by molar-refractivity contribution is 5.81. The first kappa shape index (κ1) is 22.5. The van der Waals surface area contributed by atoms with Crippen molar-refractivity contribution in [2.75, 3.05) is 0 Å². The third-order valence-corrected chi connectivity index (χ3v) is 4.50. The molecule has 156 valence electrons. The maximum Gasteiger partial charge on any atom is 0.416 e. The second-order valence-electron chi connectivity index (χ2n) is 6.74. The Morgan fingerprint density at radius 3 is 2.55 bits per heavy atom. The molecule has 0 radical (unpaired) electrons. The number of hydrogen-bond acceptors (Lipinski definition) is 3. The lowest BCUT2D eigenvalue weighted by Gasteiger charge is -2.20. The summed E-state index contributed by atoms with van der Waals surface area (Å²) in [6.45, 7) is 7.25.